The van der Waals surface area contributed by atoms with E-state index in [-0.39, 0.29) is 24.0 Å². The molecule has 1 amide bonds. The number of carboxylic acid groups (broad SMARTS) is 1. The van der Waals surface area contributed by atoms with Gasteiger partial charge < -0.3 is 14.8 Å². The van der Waals surface area contributed by atoms with Crippen LogP contribution in [-0.4, -0.2) is 28.5 Å². The number of aromatic nitrogens is 1. The number of carbonyl (C=O) groups is 2. The van der Waals surface area contributed by atoms with Crippen LogP contribution in [0.5, 0.6) is 0 Å². The van der Waals surface area contributed by atoms with Crippen molar-refractivity contribution in [1.29, 1.82) is 0 Å². The van der Waals surface area contributed by atoms with Gasteiger partial charge in [-0.25, -0.2) is 4.98 Å². The van der Waals surface area contributed by atoms with Crippen LogP contribution < -0.4 is 5.32 Å². The zero-order valence-corrected chi connectivity index (χ0v) is 10.1. The van der Waals surface area contributed by atoms with Crippen molar-refractivity contribution in [3.05, 3.63) is 17.3 Å². The Balaban J connectivity index is 2.50. The van der Waals surface area contributed by atoms with Crippen LogP contribution in [0, 0.1) is 19.8 Å². The summed E-state index contributed by atoms with van der Waals surface area (Å²) in [6.07, 6.45) is 0.0225. The van der Waals surface area contributed by atoms with Crippen LogP contribution in [0.3, 0.4) is 0 Å². The second kappa shape index (κ2) is 5.47. The monoisotopic (exact) mass is 240 g/mol. The van der Waals surface area contributed by atoms with Crippen molar-refractivity contribution in [2.75, 3.05) is 6.54 Å². The van der Waals surface area contributed by atoms with Crippen molar-refractivity contribution < 1.29 is 19.1 Å². The van der Waals surface area contributed by atoms with Crippen LogP contribution in [-0.2, 0) is 4.79 Å². The first-order valence-electron chi connectivity index (χ1n) is 5.34. The molecule has 0 radical (unpaired) electrons. The van der Waals surface area contributed by atoms with Gasteiger partial charge in [0.2, 0.25) is 5.76 Å². The van der Waals surface area contributed by atoms with Gasteiger partial charge in [-0.2, -0.15) is 0 Å². The van der Waals surface area contributed by atoms with E-state index in [1.165, 1.54) is 0 Å². The first-order valence-corrected chi connectivity index (χ1v) is 5.34. The number of nitrogens with one attached hydrogen (secondary N) is 1. The van der Waals surface area contributed by atoms with Crippen LogP contribution in [0.2, 0.25) is 0 Å². The number of aliphatic carboxylic acids is 1. The average molecular weight is 240 g/mol. The Labute approximate surface area is 99.0 Å². The van der Waals surface area contributed by atoms with Gasteiger partial charge in [0.15, 0.2) is 5.89 Å². The van der Waals surface area contributed by atoms with E-state index >= 15 is 0 Å². The molecular formula is C11H16N2O4. The first kappa shape index (κ1) is 13.2. The number of hydrogen-bond acceptors (Lipinski definition) is 4. The lowest BCUT2D eigenvalue weighted by atomic mass is 10.1. The van der Waals surface area contributed by atoms with Crippen molar-refractivity contribution in [2.24, 2.45) is 5.92 Å². The Kier molecular flexibility index (Phi) is 4.25. The van der Waals surface area contributed by atoms with Gasteiger partial charge in [0.25, 0.3) is 5.91 Å². The molecule has 0 aliphatic heterocycles. The highest BCUT2D eigenvalue weighted by Crippen LogP contribution is 2.09. The minimum atomic E-state index is -0.876. The second-order valence-electron chi connectivity index (χ2n) is 4.06. The maximum Gasteiger partial charge on any atom is 0.303 e. The van der Waals surface area contributed by atoms with Crippen molar-refractivity contribution in [1.82, 2.24) is 10.3 Å². The summed E-state index contributed by atoms with van der Waals surface area (Å²) in [5.41, 5.74) is 0.533. The van der Waals surface area contributed by atoms with E-state index < -0.39 is 5.97 Å². The lowest BCUT2D eigenvalue weighted by molar-refractivity contribution is -0.137. The topological polar surface area (TPSA) is 92.4 Å². The number of amides is 1. The summed E-state index contributed by atoms with van der Waals surface area (Å²) >= 11 is 0. The lowest BCUT2D eigenvalue weighted by Gasteiger charge is -2.09. The van der Waals surface area contributed by atoms with E-state index in [0.717, 1.165) is 0 Å². The number of aryl methyl sites for hydroxylation is 2. The van der Waals surface area contributed by atoms with Gasteiger partial charge in [-0.15, -0.1) is 0 Å². The average Bonchev–Trinajstić information content (AvgIpc) is 2.53. The van der Waals surface area contributed by atoms with E-state index in [4.69, 9.17) is 9.52 Å². The Hall–Kier alpha value is -1.85. The van der Waals surface area contributed by atoms with Crippen LogP contribution in [0.1, 0.15) is 35.5 Å². The quantitative estimate of drug-likeness (QED) is 0.804. The first-order chi connectivity index (χ1) is 7.90. The highest BCUT2D eigenvalue weighted by atomic mass is 16.4. The fraction of sp³-hybridized carbons (Fsp3) is 0.545. The summed E-state index contributed by atoms with van der Waals surface area (Å²) < 4.78 is 5.15. The van der Waals surface area contributed by atoms with Gasteiger partial charge in [0.05, 0.1) is 5.69 Å². The minimum absolute atomic E-state index is 0.0225. The van der Waals surface area contributed by atoms with Crippen molar-refractivity contribution in [3.63, 3.8) is 0 Å². The normalized spacial score (nSPS) is 12.2. The molecule has 0 fully saturated rings. The molecule has 1 aromatic rings. The van der Waals surface area contributed by atoms with Crippen molar-refractivity contribution in [2.45, 2.75) is 27.2 Å². The van der Waals surface area contributed by atoms with Crippen LogP contribution >= 0.6 is 0 Å². The summed E-state index contributed by atoms with van der Waals surface area (Å²) in [7, 11) is 0. The number of hydrogen-bond donors (Lipinski definition) is 2. The van der Waals surface area contributed by atoms with Crippen molar-refractivity contribution >= 4 is 11.9 Å². The Morgan fingerprint density at radius 3 is 2.59 bits per heavy atom. The minimum Gasteiger partial charge on any atom is -0.481 e. The largest absolute Gasteiger partial charge is 0.481 e. The third-order valence-electron chi connectivity index (χ3n) is 2.24. The molecule has 2 N–H and O–H groups in total. The molecule has 1 atom stereocenters. The van der Waals surface area contributed by atoms with E-state index in [1.807, 2.05) is 0 Å². The maximum absolute atomic E-state index is 11.7. The van der Waals surface area contributed by atoms with E-state index in [0.29, 0.717) is 18.1 Å². The molecule has 0 saturated heterocycles. The molecule has 1 aromatic heterocycles. The third-order valence-corrected chi connectivity index (χ3v) is 2.24. The van der Waals surface area contributed by atoms with Crippen LogP contribution in [0.15, 0.2) is 4.42 Å². The zero-order chi connectivity index (χ0) is 13.0. The molecule has 94 valence electrons. The molecular weight excluding hydrogens is 224 g/mol. The fourth-order valence-corrected chi connectivity index (χ4v) is 1.46. The number of carbonyl (C=O) groups excluding carboxylic acids is 1. The molecule has 0 spiro atoms. The number of carboxylic acids is 1. The smallest absolute Gasteiger partial charge is 0.303 e. The van der Waals surface area contributed by atoms with Gasteiger partial charge in [-0.1, -0.05) is 6.92 Å². The van der Waals surface area contributed by atoms with Gasteiger partial charge >= 0.3 is 5.97 Å². The molecule has 0 aliphatic carbocycles. The molecule has 0 aromatic carbocycles. The van der Waals surface area contributed by atoms with Crippen LogP contribution in [0.25, 0.3) is 0 Å². The number of oxazole rings is 1. The molecule has 17 heavy (non-hydrogen) atoms. The SMILES string of the molecule is Cc1nc(C)c(C(=O)NC[C@@H](C)CC(=O)O)o1. The predicted molar refractivity (Wildman–Crippen MR) is 59.7 cm³/mol. The van der Waals surface area contributed by atoms with E-state index in [1.54, 1.807) is 20.8 Å². The summed E-state index contributed by atoms with van der Waals surface area (Å²) in [6.45, 7) is 5.40. The second-order valence-corrected chi connectivity index (χ2v) is 4.06. The van der Waals surface area contributed by atoms with E-state index in [9.17, 15) is 9.59 Å². The summed E-state index contributed by atoms with van der Waals surface area (Å²) in [6, 6.07) is 0. The molecule has 1 heterocycles. The molecule has 0 unspecified atom stereocenters. The number of nitrogens with zero attached hydrogens (tertiary/aromatic N) is 1. The van der Waals surface area contributed by atoms with Crippen LogP contribution in [0.4, 0.5) is 0 Å². The molecule has 6 heteroatoms. The molecule has 0 aliphatic rings. The standard InChI is InChI=1S/C11H16N2O4/c1-6(4-9(14)15)5-12-11(16)10-7(2)13-8(3)17-10/h6H,4-5H2,1-3H3,(H,12,16)(H,14,15)/t6-/m0/s1. The summed E-state index contributed by atoms with van der Waals surface area (Å²) in [4.78, 5) is 26.1. The molecule has 0 saturated carbocycles. The van der Waals surface area contributed by atoms with Gasteiger partial charge in [0.1, 0.15) is 0 Å². The Bertz CT molecular complexity index is 425. The third kappa shape index (κ3) is 3.90. The molecule has 1 rings (SSSR count). The predicted octanol–water partition coefficient (Wildman–Crippen LogP) is 1.13. The zero-order valence-electron chi connectivity index (χ0n) is 10.1. The Morgan fingerprint density at radius 2 is 2.12 bits per heavy atom. The summed E-state index contributed by atoms with van der Waals surface area (Å²) in [5, 5.41) is 11.2. The molecule has 6 nitrogen and oxygen atoms in total. The number of rotatable bonds is 5. The van der Waals surface area contributed by atoms with Gasteiger partial charge in [-0.05, 0) is 12.8 Å². The lowest BCUT2D eigenvalue weighted by Crippen LogP contribution is -2.29. The van der Waals surface area contributed by atoms with Gasteiger partial charge in [0, 0.05) is 19.9 Å². The van der Waals surface area contributed by atoms with Crippen molar-refractivity contribution in [3.8, 4) is 0 Å². The highest BCUT2D eigenvalue weighted by molar-refractivity contribution is 5.92. The fourth-order valence-electron chi connectivity index (χ4n) is 1.46. The summed E-state index contributed by atoms with van der Waals surface area (Å²) in [5.74, 6) is -0.740. The van der Waals surface area contributed by atoms with E-state index in [2.05, 4.69) is 10.3 Å². The van der Waals surface area contributed by atoms with Gasteiger partial charge in [-0.3, -0.25) is 9.59 Å². The maximum atomic E-state index is 11.7. The Morgan fingerprint density at radius 1 is 1.47 bits per heavy atom. The highest BCUT2D eigenvalue weighted by Gasteiger charge is 2.16. The molecule has 0 bridgehead atoms.